The first-order chi connectivity index (χ1) is 7.27. The summed E-state index contributed by atoms with van der Waals surface area (Å²) in [7, 11) is 0. The van der Waals surface area contributed by atoms with Gasteiger partial charge in [0.15, 0.2) is 0 Å². The van der Waals surface area contributed by atoms with Crippen molar-refractivity contribution in [2.75, 3.05) is 0 Å². The zero-order valence-corrected chi connectivity index (χ0v) is 9.28. The van der Waals surface area contributed by atoms with E-state index in [4.69, 9.17) is 0 Å². The van der Waals surface area contributed by atoms with Crippen LogP contribution in [0.15, 0.2) is 30.3 Å². The second-order valence-electron chi connectivity index (χ2n) is 4.63. The average Bonchev–Trinajstić information content (AvgIpc) is 2.25. The molecule has 0 unspecified atom stereocenters. The summed E-state index contributed by atoms with van der Waals surface area (Å²) in [5.41, 5.74) is 1.30. The van der Waals surface area contributed by atoms with Gasteiger partial charge in [-0.3, -0.25) is 4.79 Å². The predicted octanol–water partition coefficient (Wildman–Crippen LogP) is 3.23. The maximum absolute atomic E-state index is 11.8. The minimum Gasteiger partial charge on any atom is -0.299 e. The van der Waals surface area contributed by atoms with Gasteiger partial charge in [0.1, 0.15) is 5.78 Å². The molecule has 0 N–H and O–H groups in total. The smallest absolute Gasteiger partial charge is 0.136 e. The van der Waals surface area contributed by atoms with Gasteiger partial charge in [0.25, 0.3) is 0 Å². The lowest BCUT2D eigenvalue weighted by atomic mass is 9.76. The molecule has 2 atom stereocenters. The van der Waals surface area contributed by atoms with E-state index in [1.54, 1.807) is 0 Å². The molecule has 15 heavy (non-hydrogen) atoms. The highest BCUT2D eigenvalue weighted by atomic mass is 16.1. The number of carbonyl (C=O) groups excluding carboxylic acids is 1. The van der Waals surface area contributed by atoms with E-state index in [9.17, 15) is 4.79 Å². The first-order valence-electron chi connectivity index (χ1n) is 5.84. The molecule has 80 valence electrons. The number of rotatable bonds is 2. The molecule has 1 fully saturated rings. The Morgan fingerprint density at radius 3 is 2.67 bits per heavy atom. The Balaban J connectivity index is 2.07. The van der Waals surface area contributed by atoms with Crippen LogP contribution in [-0.2, 0) is 11.2 Å². The van der Waals surface area contributed by atoms with Crippen LogP contribution in [0, 0.1) is 11.8 Å². The SMILES string of the molecule is C[C@H]1CCCC(=O)[C@@H]1Cc1ccccc1. The Labute approximate surface area is 91.5 Å². The normalized spacial score (nSPS) is 26.6. The highest BCUT2D eigenvalue weighted by Crippen LogP contribution is 2.29. The van der Waals surface area contributed by atoms with Crippen LogP contribution < -0.4 is 0 Å². The minimum atomic E-state index is 0.265. The van der Waals surface area contributed by atoms with Crippen molar-refractivity contribution in [1.82, 2.24) is 0 Å². The lowest BCUT2D eigenvalue weighted by Crippen LogP contribution is -2.28. The molecule has 0 saturated heterocycles. The largest absolute Gasteiger partial charge is 0.299 e. The van der Waals surface area contributed by atoms with Crippen molar-refractivity contribution in [1.29, 1.82) is 0 Å². The second-order valence-corrected chi connectivity index (χ2v) is 4.63. The molecule has 0 bridgehead atoms. The molecule has 1 aliphatic carbocycles. The van der Waals surface area contributed by atoms with Gasteiger partial charge >= 0.3 is 0 Å². The summed E-state index contributed by atoms with van der Waals surface area (Å²) in [6.45, 7) is 2.21. The molecule has 1 heteroatoms. The summed E-state index contributed by atoms with van der Waals surface area (Å²) in [6.07, 6.45) is 4.03. The summed E-state index contributed by atoms with van der Waals surface area (Å²) >= 11 is 0. The number of benzene rings is 1. The fraction of sp³-hybridized carbons (Fsp3) is 0.500. The van der Waals surface area contributed by atoms with Crippen molar-refractivity contribution >= 4 is 5.78 Å². The zero-order valence-electron chi connectivity index (χ0n) is 9.28. The molecule has 1 nitrogen and oxygen atoms in total. The second kappa shape index (κ2) is 4.61. The highest BCUT2D eigenvalue weighted by Gasteiger charge is 2.28. The van der Waals surface area contributed by atoms with Crippen molar-refractivity contribution in [2.24, 2.45) is 11.8 Å². The molecular weight excluding hydrogens is 184 g/mol. The topological polar surface area (TPSA) is 17.1 Å². The summed E-state index contributed by atoms with van der Waals surface area (Å²) in [4.78, 5) is 11.8. The number of hydrogen-bond donors (Lipinski definition) is 0. The monoisotopic (exact) mass is 202 g/mol. The molecule has 1 saturated carbocycles. The van der Waals surface area contributed by atoms with E-state index >= 15 is 0 Å². The predicted molar refractivity (Wildman–Crippen MR) is 61.7 cm³/mol. The molecular formula is C14H18O. The molecule has 1 aromatic rings. The van der Waals surface area contributed by atoms with E-state index < -0.39 is 0 Å². The van der Waals surface area contributed by atoms with Crippen LogP contribution in [0.1, 0.15) is 31.7 Å². The molecule has 0 amide bonds. The van der Waals surface area contributed by atoms with Crippen molar-refractivity contribution < 1.29 is 4.79 Å². The van der Waals surface area contributed by atoms with Gasteiger partial charge in [-0.2, -0.15) is 0 Å². The van der Waals surface area contributed by atoms with E-state index in [1.165, 1.54) is 12.0 Å². The molecule has 1 aliphatic rings. The standard InChI is InChI=1S/C14H18O/c1-11-6-5-9-14(15)13(11)10-12-7-3-2-4-8-12/h2-4,7-8,11,13H,5-6,9-10H2,1H3/t11-,13+/m0/s1. The zero-order chi connectivity index (χ0) is 10.7. The van der Waals surface area contributed by atoms with E-state index in [-0.39, 0.29) is 5.92 Å². The molecule has 2 rings (SSSR count). The van der Waals surface area contributed by atoms with Crippen molar-refractivity contribution in [3.63, 3.8) is 0 Å². The molecule has 0 spiro atoms. The van der Waals surface area contributed by atoms with Crippen molar-refractivity contribution in [2.45, 2.75) is 32.6 Å². The summed E-state index contributed by atoms with van der Waals surface area (Å²) < 4.78 is 0. The van der Waals surface area contributed by atoms with E-state index in [0.29, 0.717) is 11.7 Å². The Morgan fingerprint density at radius 1 is 1.27 bits per heavy atom. The number of hydrogen-bond acceptors (Lipinski definition) is 1. The first-order valence-corrected chi connectivity index (χ1v) is 5.84. The Hall–Kier alpha value is -1.11. The van der Waals surface area contributed by atoms with Crippen LogP contribution >= 0.6 is 0 Å². The summed E-state index contributed by atoms with van der Waals surface area (Å²) in [6, 6.07) is 10.4. The van der Waals surface area contributed by atoms with Crippen LogP contribution in [-0.4, -0.2) is 5.78 Å². The van der Waals surface area contributed by atoms with Crippen molar-refractivity contribution in [3.8, 4) is 0 Å². The number of ketones is 1. The third-order valence-corrected chi connectivity index (χ3v) is 3.48. The van der Waals surface area contributed by atoms with Gasteiger partial charge in [-0.15, -0.1) is 0 Å². The van der Waals surface area contributed by atoms with Crippen LogP contribution in [0.2, 0.25) is 0 Å². The van der Waals surface area contributed by atoms with Crippen LogP contribution in [0.4, 0.5) is 0 Å². The number of carbonyl (C=O) groups is 1. The van der Waals surface area contributed by atoms with E-state index in [1.807, 2.05) is 18.2 Å². The van der Waals surface area contributed by atoms with Crippen molar-refractivity contribution in [3.05, 3.63) is 35.9 Å². The van der Waals surface area contributed by atoms with Crippen LogP contribution in [0.5, 0.6) is 0 Å². The quantitative estimate of drug-likeness (QED) is 0.719. The van der Waals surface area contributed by atoms with Gasteiger partial charge in [-0.05, 0) is 30.7 Å². The molecule has 1 aromatic carbocycles. The summed E-state index contributed by atoms with van der Waals surface area (Å²) in [5.74, 6) is 1.30. The maximum Gasteiger partial charge on any atom is 0.136 e. The Morgan fingerprint density at radius 2 is 2.00 bits per heavy atom. The number of Topliss-reactive ketones (excluding diaryl/α,β-unsaturated/α-hetero) is 1. The van der Waals surface area contributed by atoms with Gasteiger partial charge in [0.05, 0.1) is 0 Å². The van der Waals surface area contributed by atoms with Gasteiger partial charge in [0.2, 0.25) is 0 Å². The summed E-state index contributed by atoms with van der Waals surface area (Å²) in [5, 5.41) is 0. The van der Waals surface area contributed by atoms with Crippen LogP contribution in [0.25, 0.3) is 0 Å². The minimum absolute atomic E-state index is 0.265. The van der Waals surface area contributed by atoms with Crippen LogP contribution in [0.3, 0.4) is 0 Å². The van der Waals surface area contributed by atoms with Gasteiger partial charge in [-0.1, -0.05) is 37.3 Å². The van der Waals surface area contributed by atoms with Gasteiger partial charge < -0.3 is 0 Å². The Kier molecular flexibility index (Phi) is 3.20. The molecule has 0 aromatic heterocycles. The third-order valence-electron chi connectivity index (χ3n) is 3.48. The average molecular weight is 202 g/mol. The van der Waals surface area contributed by atoms with E-state index in [2.05, 4.69) is 19.1 Å². The lowest BCUT2D eigenvalue weighted by molar-refractivity contribution is -0.126. The molecule has 0 aliphatic heterocycles. The molecule has 0 heterocycles. The Bertz CT molecular complexity index is 328. The third kappa shape index (κ3) is 2.47. The lowest BCUT2D eigenvalue weighted by Gasteiger charge is -2.27. The fourth-order valence-corrected chi connectivity index (χ4v) is 2.49. The van der Waals surface area contributed by atoms with Gasteiger partial charge in [0, 0.05) is 12.3 Å². The first kappa shape index (κ1) is 10.4. The maximum atomic E-state index is 11.8. The fourth-order valence-electron chi connectivity index (χ4n) is 2.49. The van der Waals surface area contributed by atoms with E-state index in [0.717, 1.165) is 19.3 Å². The van der Waals surface area contributed by atoms with Gasteiger partial charge in [-0.25, -0.2) is 0 Å². The highest BCUT2D eigenvalue weighted by molar-refractivity contribution is 5.82. The molecule has 0 radical (unpaired) electrons.